The highest BCUT2D eigenvalue weighted by atomic mass is 16.5. The van der Waals surface area contributed by atoms with Crippen LogP contribution in [0.1, 0.15) is 26.7 Å². The van der Waals surface area contributed by atoms with Gasteiger partial charge in [-0.15, -0.1) is 0 Å². The quantitative estimate of drug-likeness (QED) is 0.687. The van der Waals surface area contributed by atoms with Gasteiger partial charge in [-0.3, -0.25) is 0 Å². The van der Waals surface area contributed by atoms with Crippen LogP contribution >= 0.6 is 0 Å². The monoisotopic (exact) mass is 170 g/mol. The van der Waals surface area contributed by atoms with Crippen molar-refractivity contribution in [3.05, 3.63) is 11.3 Å². The lowest BCUT2D eigenvalue weighted by atomic mass is 10.0. The Morgan fingerprint density at radius 2 is 2.25 bits per heavy atom. The van der Waals surface area contributed by atoms with E-state index in [1.165, 1.54) is 0 Å². The molecule has 1 N–H and O–H groups in total. The molecule has 0 fully saturated rings. The van der Waals surface area contributed by atoms with Crippen molar-refractivity contribution in [1.29, 1.82) is 0 Å². The summed E-state index contributed by atoms with van der Waals surface area (Å²) in [5.74, 6) is 0.00329. The van der Waals surface area contributed by atoms with Gasteiger partial charge in [0, 0.05) is 5.92 Å². The fourth-order valence-electron chi connectivity index (χ4n) is 1.37. The molecule has 0 saturated heterocycles. The summed E-state index contributed by atoms with van der Waals surface area (Å²) < 4.78 is 5.31. The van der Waals surface area contributed by atoms with Crippen LogP contribution in [0.2, 0.25) is 0 Å². The fraction of sp³-hybridized carbons (Fsp3) is 0.667. The summed E-state index contributed by atoms with van der Waals surface area (Å²) >= 11 is 0. The molecule has 1 aliphatic heterocycles. The average Bonchev–Trinajstić information content (AvgIpc) is 2.04. The normalized spacial score (nSPS) is 17.9. The van der Waals surface area contributed by atoms with Gasteiger partial charge in [-0.1, -0.05) is 13.8 Å². The third-order valence-electron chi connectivity index (χ3n) is 1.91. The van der Waals surface area contributed by atoms with E-state index in [0.29, 0.717) is 24.4 Å². The molecule has 12 heavy (non-hydrogen) atoms. The Bertz CT molecular complexity index is 216. The van der Waals surface area contributed by atoms with Crippen LogP contribution in [-0.2, 0) is 9.53 Å². The lowest BCUT2D eigenvalue weighted by Crippen LogP contribution is -2.16. The zero-order valence-corrected chi connectivity index (χ0v) is 7.46. The predicted octanol–water partition coefficient (Wildman–Crippen LogP) is 1.79. The number of rotatable bonds is 2. The minimum absolute atomic E-state index is 0.177. The van der Waals surface area contributed by atoms with E-state index in [0.717, 1.165) is 6.42 Å². The fourth-order valence-corrected chi connectivity index (χ4v) is 1.37. The van der Waals surface area contributed by atoms with Gasteiger partial charge in [-0.2, -0.15) is 0 Å². The molecule has 0 amide bonds. The summed E-state index contributed by atoms with van der Waals surface area (Å²) in [6.45, 7) is 4.55. The van der Waals surface area contributed by atoms with Gasteiger partial charge < -0.3 is 9.84 Å². The molecule has 0 aromatic heterocycles. The second kappa shape index (κ2) is 3.61. The summed E-state index contributed by atoms with van der Waals surface area (Å²) in [6, 6.07) is 0. The molecule has 0 radical (unpaired) electrons. The summed E-state index contributed by atoms with van der Waals surface area (Å²) in [6.07, 6.45) is 1.46. The number of hydrogen-bond acceptors (Lipinski definition) is 2. The SMILES string of the molecule is CC(C)C1=C(C(=O)O)CCCO1. The molecular formula is C9H14O3. The zero-order chi connectivity index (χ0) is 9.14. The first-order valence-electron chi connectivity index (χ1n) is 4.22. The zero-order valence-electron chi connectivity index (χ0n) is 7.46. The molecule has 3 heteroatoms. The van der Waals surface area contributed by atoms with Crippen LogP contribution in [0.3, 0.4) is 0 Å². The molecule has 0 bridgehead atoms. The molecular weight excluding hydrogens is 156 g/mol. The first-order valence-corrected chi connectivity index (χ1v) is 4.22. The van der Waals surface area contributed by atoms with Gasteiger partial charge in [0.25, 0.3) is 0 Å². The third kappa shape index (κ3) is 1.78. The summed E-state index contributed by atoms with van der Waals surface area (Å²) in [5, 5.41) is 8.82. The molecule has 0 atom stereocenters. The highest BCUT2D eigenvalue weighted by Gasteiger charge is 2.21. The second-order valence-electron chi connectivity index (χ2n) is 3.25. The molecule has 0 saturated carbocycles. The van der Waals surface area contributed by atoms with E-state index >= 15 is 0 Å². The number of aliphatic carboxylic acids is 1. The van der Waals surface area contributed by atoms with Gasteiger partial charge in [-0.25, -0.2) is 4.79 Å². The smallest absolute Gasteiger partial charge is 0.334 e. The lowest BCUT2D eigenvalue weighted by molar-refractivity contribution is -0.133. The van der Waals surface area contributed by atoms with Crippen LogP contribution < -0.4 is 0 Å². The molecule has 1 heterocycles. The molecule has 68 valence electrons. The van der Waals surface area contributed by atoms with Crippen molar-refractivity contribution in [2.24, 2.45) is 5.92 Å². The van der Waals surface area contributed by atoms with Crippen molar-refractivity contribution in [2.75, 3.05) is 6.61 Å². The maximum atomic E-state index is 10.7. The van der Waals surface area contributed by atoms with Crippen molar-refractivity contribution < 1.29 is 14.6 Å². The molecule has 0 unspecified atom stereocenters. The summed E-state index contributed by atoms with van der Waals surface area (Å²) in [5.41, 5.74) is 0.455. The number of carbonyl (C=O) groups is 1. The van der Waals surface area contributed by atoms with Gasteiger partial charge in [0.05, 0.1) is 12.2 Å². The number of carboxylic acid groups (broad SMARTS) is 1. The molecule has 1 aliphatic rings. The number of carboxylic acids is 1. The van der Waals surface area contributed by atoms with Gasteiger partial charge in [0.1, 0.15) is 5.76 Å². The maximum absolute atomic E-state index is 10.7. The molecule has 0 aromatic carbocycles. The van der Waals surface area contributed by atoms with E-state index in [1.54, 1.807) is 0 Å². The van der Waals surface area contributed by atoms with Crippen molar-refractivity contribution in [3.8, 4) is 0 Å². The largest absolute Gasteiger partial charge is 0.497 e. The van der Waals surface area contributed by atoms with E-state index < -0.39 is 5.97 Å². The maximum Gasteiger partial charge on any atom is 0.334 e. The van der Waals surface area contributed by atoms with Gasteiger partial charge >= 0.3 is 5.97 Å². The molecule has 0 aliphatic carbocycles. The van der Waals surface area contributed by atoms with Crippen molar-refractivity contribution in [3.63, 3.8) is 0 Å². The highest BCUT2D eigenvalue weighted by molar-refractivity contribution is 5.87. The van der Waals surface area contributed by atoms with Crippen LogP contribution in [0.15, 0.2) is 11.3 Å². The van der Waals surface area contributed by atoms with Gasteiger partial charge in [-0.05, 0) is 12.8 Å². The second-order valence-corrected chi connectivity index (χ2v) is 3.25. The van der Waals surface area contributed by atoms with E-state index in [2.05, 4.69) is 0 Å². The van der Waals surface area contributed by atoms with Crippen LogP contribution in [-0.4, -0.2) is 17.7 Å². The molecule has 0 spiro atoms. The number of ether oxygens (including phenoxy) is 1. The van der Waals surface area contributed by atoms with E-state index in [1.807, 2.05) is 13.8 Å². The van der Waals surface area contributed by atoms with Gasteiger partial charge in [0.2, 0.25) is 0 Å². The van der Waals surface area contributed by atoms with Crippen LogP contribution in [0, 0.1) is 5.92 Å². The molecule has 3 nitrogen and oxygen atoms in total. The first-order chi connectivity index (χ1) is 5.63. The average molecular weight is 170 g/mol. The van der Waals surface area contributed by atoms with Gasteiger partial charge in [0.15, 0.2) is 0 Å². The minimum atomic E-state index is -0.835. The van der Waals surface area contributed by atoms with E-state index in [9.17, 15) is 4.79 Å². The van der Waals surface area contributed by atoms with Crippen LogP contribution in [0.5, 0.6) is 0 Å². The third-order valence-corrected chi connectivity index (χ3v) is 1.91. The van der Waals surface area contributed by atoms with Crippen LogP contribution in [0.4, 0.5) is 0 Å². The Morgan fingerprint density at radius 1 is 1.58 bits per heavy atom. The van der Waals surface area contributed by atoms with Crippen molar-refractivity contribution in [2.45, 2.75) is 26.7 Å². The Hall–Kier alpha value is -0.990. The summed E-state index contributed by atoms with van der Waals surface area (Å²) in [4.78, 5) is 10.7. The minimum Gasteiger partial charge on any atom is -0.497 e. The summed E-state index contributed by atoms with van der Waals surface area (Å²) in [7, 11) is 0. The number of allylic oxidation sites excluding steroid dienone is 1. The van der Waals surface area contributed by atoms with E-state index in [4.69, 9.17) is 9.84 Å². The topological polar surface area (TPSA) is 46.5 Å². The van der Waals surface area contributed by atoms with Crippen molar-refractivity contribution in [1.82, 2.24) is 0 Å². The standard InChI is InChI=1S/C9H14O3/c1-6(2)8-7(9(10)11)4-3-5-12-8/h6H,3-5H2,1-2H3,(H,10,11). The Morgan fingerprint density at radius 3 is 2.67 bits per heavy atom. The Labute approximate surface area is 72.0 Å². The van der Waals surface area contributed by atoms with E-state index in [-0.39, 0.29) is 5.92 Å². The van der Waals surface area contributed by atoms with Crippen LogP contribution in [0.25, 0.3) is 0 Å². The predicted molar refractivity (Wildman–Crippen MR) is 44.7 cm³/mol. The number of hydrogen-bond donors (Lipinski definition) is 1. The lowest BCUT2D eigenvalue weighted by Gasteiger charge is -2.21. The van der Waals surface area contributed by atoms with Crippen molar-refractivity contribution >= 4 is 5.97 Å². The Balaban J connectivity index is 2.91. The highest BCUT2D eigenvalue weighted by Crippen LogP contribution is 2.24. The molecule has 0 aromatic rings. The first kappa shape index (κ1) is 9.10. The Kier molecular flexibility index (Phi) is 2.74. The molecule has 1 rings (SSSR count).